The molecule has 1 atom stereocenters. The Morgan fingerprint density at radius 3 is 2.18 bits per heavy atom. The van der Waals surface area contributed by atoms with E-state index in [4.69, 9.17) is 4.74 Å². The molecule has 0 saturated heterocycles. The van der Waals surface area contributed by atoms with Crippen molar-refractivity contribution in [2.75, 3.05) is 32.5 Å². The maximum Gasteiger partial charge on any atom is 0.0573 e. The zero-order chi connectivity index (χ0) is 8.65. The standard InChI is InChI=1S/C9H18OS/c1-7-8(6-10-2)9(7)11(3,4)5/h8H,6H2,1-5H3. The lowest BCUT2D eigenvalue weighted by Crippen LogP contribution is -1.98. The van der Waals surface area contributed by atoms with E-state index in [9.17, 15) is 0 Å². The molecule has 2 heteroatoms. The second kappa shape index (κ2) is 2.83. The Kier molecular flexibility index (Phi) is 2.35. The number of methoxy groups -OCH3 is 1. The van der Waals surface area contributed by atoms with Crippen molar-refractivity contribution in [3.05, 3.63) is 10.5 Å². The first kappa shape index (κ1) is 9.14. The molecule has 0 spiro atoms. The molecular weight excluding hydrogens is 156 g/mol. The SMILES string of the molecule is COCC1C(C)=C1S(C)(C)C. The minimum absolute atomic E-state index is 0.451. The summed E-state index contributed by atoms with van der Waals surface area (Å²) in [5.74, 6) is 0.690. The molecule has 11 heavy (non-hydrogen) atoms. The van der Waals surface area contributed by atoms with Gasteiger partial charge >= 0.3 is 0 Å². The molecule has 66 valence electrons. The summed E-state index contributed by atoms with van der Waals surface area (Å²) in [5.41, 5.74) is 1.58. The van der Waals surface area contributed by atoms with Crippen molar-refractivity contribution in [3.8, 4) is 0 Å². The number of ether oxygens (including phenoxy) is 1. The number of hydrogen-bond donors (Lipinski definition) is 0. The highest BCUT2D eigenvalue weighted by atomic mass is 32.3. The van der Waals surface area contributed by atoms with E-state index in [1.54, 1.807) is 17.6 Å². The van der Waals surface area contributed by atoms with Gasteiger partial charge < -0.3 is 4.74 Å². The molecule has 0 bridgehead atoms. The first-order valence-electron chi connectivity index (χ1n) is 3.86. The van der Waals surface area contributed by atoms with E-state index < -0.39 is 10.0 Å². The van der Waals surface area contributed by atoms with Crippen LogP contribution in [0, 0.1) is 5.92 Å². The van der Waals surface area contributed by atoms with Crippen LogP contribution in [0.3, 0.4) is 0 Å². The third-order valence-electron chi connectivity index (χ3n) is 2.14. The predicted octanol–water partition coefficient (Wildman–Crippen LogP) is 2.23. The topological polar surface area (TPSA) is 9.23 Å². The van der Waals surface area contributed by atoms with Crippen LogP contribution in [0.5, 0.6) is 0 Å². The highest BCUT2D eigenvalue weighted by Gasteiger charge is 2.37. The molecule has 1 rings (SSSR count). The highest BCUT2D eigenvalue weighted by molar-refractivity contribution is 8.35. The van der Waals surface area contributed by atoms with Crippen LogP contribution < -0.4 is 0 Å². The van der Waals surface area contributed by atoms with Crippen molar-refractivity contribution >= 4 is 10.0 Å². The summed E-state index contributed by atoms with van der Waals surface area (Å²) in [7, 11) is 1.33. The second-order valence-corrected chi connectivity index (χ2v) is 8.01. The molecule has 0 fully saturated rings. The van der Waals surface area contributed by atoms with Crippen LogP contribution in [0.25, 0.3) is 0 Å². The lowest BCUT2D eigenvalue weighted by Gasteiger charge is -2.23. The predicted molar refractivity (Wildman–Crippen MR) is 53.4 cm³/mol. The quantitative estimate of drug-likeness (QED) is 0.637. The molecule has 0 aromatic rings. The maximum atomic E-state index is 5.13. The average Bonchev–Trinajstić information content (AvgIpc) is 2.41. The van der Waals surface area contributed by atoms with Crippen molar-refractivity contribution in [3.63, 3.8) is 0 Å². The van der Waals surface area contributed by atoms with Gasteiger partial charge in [-0.25, -0.2) is 10.0 Å². The zero-order valence-electron chi connectivity index (χ0n) is 8.10. The molecule has 1 unspecified atom stereocenters. The van der Waals surface area contributed by atoms with Gasteiger partial charge in [0.05, 0.1) is 6.61 Å². The summed E-state index contributed by atoms with van der Waals surface area (Å²) < 4.78 is 5.13. The fraction of sp³-hybridized carbons (Fsp3) is 0.778. The van der Waals surface area contributed by atoms with E-state index in [2.05, 4.69) is 25.7 Å². The van der Waals surface area contributed by atoms with E-state index in [0.29, 0.717) is 5.92 Å². The van der Waals surface area contributed by atoms with Crippen LogP contribution in [0.4, 0.5) is 0 Å². The summed E-state index contributed by atoms with van der Waals surface area (Å²) in [4.78, 5) is 1.68. The molecule has 1 aliphatic carbocycles. The Labute approximate surface area is 71.1 Å². The largest absolute Gasteiger partial charge is 0.384 e. The third kappa shape index (κ3) is 1.79. The van der Waals surface area contributed by atoms with Crippen LogP contribution in [0.2, 0.25) is 0 Å². The lowest BCUT2D eigenvalue weighted by molar-refractivity contribution is 0.190. The Bertz CT molecular complexity index is 188. The Morgan fingerprint density at radius 2 is 1.91 bits per heavy atom. The summed E-state index contributed by atoms with van der Waals surface area (Å²) in [6, 6.07) is 0. The molecule has 0 saturated carbocycles. The molecule has 1 nitrogen and oxygen atoms in total. The van der Waals surface area contributed by atoms with Crippen LogP contribution in [-0.4, -0.2) is 32.5 Å². The minimum atomic E-state index is -0.451. The normalized spacial score (nSPS) is 25.7. The molecule has 0 radical (unpaired) electrons. The van der Waals surface area contributed by atoms with Crippen molar-refractivity contribution < 1.29 is 4.74 Å². The van der Waals surface area contributed by atoms with Gasteiger partial charge in [0.1, 0.15) is 0 Å². The fourth-order valence-corrected chi connectivity index (χ4v) is 3.79. The molecule has 1 aliphatic rings. The maximum absolute atomic E-state index is 5.13. The van der Waals surface area contributed by atoms with Crippen molar-refractivity contribution in [2.45, 2.75) is 6.92 Å². The molecule has 0 N–H and O–H groups in total. The second-order valence-electron chi connectivity index (χ2n) is 3.89. The molecule has 0 heterocycles. The van der Waals surface area contributed by atoms with Gasteiger partial charge in [-0.05, 0) is 30.6 Å². The first-order chi connectivity index (χ1) is 4.98. The molecule has 0 aromatic carbocycles. The van der Waals surface area contributed by atoms with E-state index in [0.717, 1.165) is 6.61 Å². The molecule has 0 amide bonds. The molecule has 0 aliphatic heterocycles. The third-order valence-corrected chi connectivity index (χ3v) is 4.06. The zero-order valence-corrected chi connectivity index (χ0v) is 8.92. The molecular formula is C9H18OS. The first-order valence-corrected chi connectivity index (χ1v) is 6.72. The smallest absolute Gasteiger partial charge is 0.0573 e. The van der Waals surface area contributed by atoms with Gasteiger partial charge in [0.15, 0.2) is 0 Å². The van der Waals surface area contributed by atoms with Gasteiger partial charge in [-0.1, -0.05) is 5.57 Å². The van der Waals surface area contributed by atoms with Crippen LogP contribution >= 0.6 is 10.0 Å². The Hall–Kier alpha value is 0.0500. The molecule has 0 aromatic heterocycles. The summed E-state index contributed by atoms with van der Waals surface area (Å²) in [6.07, 6.45) is 7.05. The average molecular weight is 174 g/mol. The number of hydrogen-bond acceptors (Lipinski definition) is 1. The van der Waals surface area contributed by atoms with Crippen molar-refractivity contribution in [2.24, 2.45) is 5.92 Å². The van der Waals surface area contributed by atoms with Gasteiger partial charge in [0, 0.05) is 13.0 Å². The van der Waals surface area contributed by atoms with Gasteiger partial charge in [-0.3, -0.25) is 0 Å². The monoisotopic (exact) mass is 174 g/mol. The Morgan fingerprint density at radius 1 is 1.36 bits per heavy atom. The van der Waals surface area contributed by atoms with Gasteiger partial charge in [0.2, 0.25) is 0 Å². The van der Waals surface area contributed by atoms with E-state index >= 15 is 0 Å². The summed E-state index contributed by atoms with van der Waals surface area (Å²) >= 11 is 0. The van der Waals surface area contributed by atoms with Crippen LogP contribution in [0.1, 0.15) is 6.92 Å². The lowest BCUT2D eigenvalue weighted by atomic mass is 10.3. The highest BCUT2D eigenvalue weighted by Crippen LogP contribution is 2.61. The van der Waals surface area contributed by atoms with Crippen LogP contribution in [0.15, 0.2) is 10.5 Å². The van der Waals surface area contributed by atoms with Crippen LogP contribution in [-0.2, 0) is 4.74 Å². The minimum Gasteiger partial charge on any atom is -0.384 e. The van der Waals surface area contributed by atoms with Gasteiger partial charge in [-0.15, -0.1) is 0 Å². The van der Waals surface area contributed by atoms with Crippen molar-refractivity contribution in [1.82, 2.24) is 0 Å². The number of rotatable bonds is 3. The summed E-state index contributed by atoms with van der Waals surface area (Å²) in [5, 5.41) is 0. The van der Waals surface area contributed by atoms with Crippen molar-refractivity contribution in [1.29, 1.82) is 0 Å². The van der Waals surface area contributed by atoms with Gasteiger partial charge in [-0.2, -0.15) is 0 Å². The van der Waals surface area contributed by atoms with E-state index in [1.165, 1.54) is 0 Å². The fourth-order valence-electron chi connectivity index (χ4n) is 1.64. The van der Waals surface area contributed by atoms with Gasteiger partial charge in [0.25, 0.3) is 0 Å². The van der Waals surface area contributed by atoms with E-state index in [1.807, 2.05) is 0 Å². The summed E-state index contributed by atoms with van der Waals surface area (Å²) in [6.45, 7) is 3.13. The van der Waals surface area contributed by atoms with E-state index in [-0.39, 0.29) is 0 Å². The Balaban J connectivity index is 2.51.